The lowest BCUT2D eigenvalue weighted by molar-refractivity contribution is 0.0273. The second-order valence-corrected chi connectivity index (χ2v) is 12.7. The highest BCUT2D eigenvalue weighted by molar-refractivity contribution is 5.69. The second-order valence-electron chi connectivity index (χ2n) is 12.7. The van der Waals surface area contributed by atoms with Crippen molar-refractivity contribution in [3.05, 3.63) is 0 Å². The number of ether oxygens (including phenoxy) is 2. The molecule has 2 saturated carbocycles. The molecule has 4 rings (SSSR count). The summed E-state index contributed by atoms with van der Waals surface area (Å²) in [6.45, 7) is 14.4. The number of carbonyl (C=O) groups is 2. The fourth-order valence-corrected chi connectivity index (χ4v) is 5.76. The summed E-state index contributed by atoms with van der Waals surface area (Å²) in [6, 6.07) is 0. The summed E-state index contributed by atoms with van der Waals surface area (Å²) < 4.78 is 10.8. The van der Waals surface area contributed by atoms with Crippen molar-refractivity contribution in [1.29, 1.82) is 0 Å². The summed E-state index contributed by atoms with van der Waals surface area (Å²) in [5.74, 6) is 2.05. The molecular formula is C26H46N2O6. The van der Waals surface area contributed by atoms with Gasteiger partial charge in [-0.15, -0.1) is 0 Å². The maximum absolute atomic E-state index is 11.9. The molecule has 4 aliphatic rings. The van der Waals surface area contributed by atoms with E-state index >= 15 is 0 Å². The van der Waals surface area contributed by atoms with Crippen LogP contribution in [0.2, 0.25) is 0 Å². The molecule has 6 atom stereocenters. The fourth-order valence-electron chi connectivity index (χ4n) is 5.76. The Balaban J connectivity index is 0.000000191. The number of likely N-dealkylation sites (tertiary alicyclic amines) is 2. The number of hydrogen-bond acceptors (Lipinski definition) is 6. The molecule has 0 bridgehead atoms. The summed E-state index contributed by atoms with van der Waals surface area (Å²) in [5.41, 5.74) is -0.852. The Morgan fingerprint density at radius 1 is 0.618 bits per heavy atom. The van der Waals surface area contributed by atoms with Gasteiger partial charge in [-0.3, -0.25) is 0 Å². The highest BCUT2D eigenvalue weighted by Gasteiger charge is 2.41. The van der Waals surface area contributed by atoms with Gasteiger partial charge in [0.1, 0.15) is 11.2 Å². The maximum Gasteiger partial charge on any atom is 0.410 e. The standard InChI is InChI=1S/2C13H23NO3/c2*1-13(2,3)17-12(16)14-7-9-4-5-11(15)6-10(9)8-14/h2*9-11,15H,4-8H2,1-3H3/t2*9-,10+,11+/m10/s1. The minimum Gasteiger partial charge on any atom is -0.444 e. The van der Waals surface area contributed by atoms with Gasteiger partial charge in [-0.05, 0) is 104 Å². The molecule has 4 fully saturated rings. The van der Waals surface area contributed by atoms with Crippen molar-refractivity contribution in [2.75, 3.05) is 26.2 Å². The number of carbonyl (C=O) groups excluding carboxylic acids is 2. The molecule has 2 saturated heterocycles. The molecule has 34 heavy (non-hydrogen) atoms. The van der Waals surface area contributed by atoms with E-state index < -0.39 is 11.2 Å². The number of fused-ring (bicyclic) bond motifs is 2. The van der Waals surface area contributed by atoms with Crippen LogP contribution in [0.3, 0.4) is 0 Å². The third kappa shape index (κ3) is 7.74. The summed E-state index contributed by atoms with van der Waals surface area (Å²) in [7, 11) is 0. The zero-order chi connectivity index (χ0) is 25.3. The quantitative estimate of drug-likeness (QED) is 0.541. The topological polar surface area (TPSA) is 99.5 Å². The Morgan fingerprint density at radius 3 is 1.26 bits per heavy atom. The van der Waals surface area contributed by atoms with E-state index in [2.05, 4.69) is 0 Å². The molecule has 196 valence electrons. The number of rotatable bonds is 0. The Kier molecular flexibility index (Phi) is 8.44. The smallest absolute Gasteiger partial charge is 0.410 e. The highest BCUT2D eigenvalue weighted by atomic mass is 16.6. The van der Waals surface area contributed by atoms with Gasteiger partial charge in [0, 0.05) is 26.2 Å². The zero-order valence-electron chi connectivity index (χ0n) is 22.0. The van der Waals surface area contributed by atoms with Crippen LogP contribution in [-0.4, -0.2) is 81.8 Å². The Labute approximate surface area is 205 Å². The molecule has 2 heterocycles. The Bertz CT molecular complexity index is 655. The number of amides is 2. The van der Waals surface area contributed by atoms with Crippen molar-refractivity contribution < 1.29 is 29.3 Å². The van der Waals surface area contributed by atoms with Crippen LogP contribution < -0.4 is 0 Å². The zero-order valence-corrected chi connectivity index (χ0v) is 22.0. The van der Waals surface area contributed by atoms with E-state index in [0.717, 1.165) is 64.7 Å². The number of aliphatic hydroxyl groups is 2. The lowest BCUT2D eigenvalue weighted by Gasteiger charge is -2.27. The van der Waals surface area contributed by atoms with Gasteiger partial charge < -0.3 is 29.5 Å². The van der Waals surface area contributed by atoms with E-state index in [9.17, 15) is 19.8 Å². The molecule has 0 aromatic carbocycles. The van der Waals surface area contributed by atoms with Crippen molar-refractivity contribution in [1.82, 2.24) is 9.80 Å². The van der Waals surface area contributed by atoms with Gasteiger partial charge in [0.05, 0.1) is 12.2 Å². The molecular weight excluding hydrogens is 436 g/mol. The van der Waals surface area contributed by atoms with Gasteiger partial charge >= 0.3 is 12.2 Å². The number of hydrogen-bond donors (Lipinski definition) is 2. The average Bonchev–Trinajstić information content (AvgIpc) is 3.29. The minimum atomic E-state index is -0.426. The van der Waals surface area contributed by atoms with Gasteiger partial charge in [0.15, 0.2) is 0 Å². The first-order valence-electron chi connectivity index (χ1n) is 13.0. The first kappa shape index (κ1) is 27.1. The van der Waals surface area contributed by atoms with Crippen molar-refractivity contribution in [3.8, 4) is 0 Å². The van der Waals surface area contributed by atoms with E-state index in [0.29, 0.717) is 23.7 Å². The summed E-state index contributed by atoms with van der Waals surface area (Å²) in [4.78, 5) is 27.5. The molecule has 0 aromatic heterocycles. The van der Waals surface area contributed by atoms with Crippen molar-refractivity contribution in [2.45, 2.75) is 103 Å². The summed E-state index contributed by atoms with van der Waals surface area (Å²) in [6.07, 6.45) is 4.74. The maximum atomic E-state index is 11.9. The lowest BCUT2D eigenvalue weighted by atomic mass is 9.80. The van der Waals surface area contributed by atoms with E-state index in [1.807, 2.05) is 41.5 Å². The highest BCUT2D eigenvalue weighted by Crippen LogP contribution is 2.37. The fraction of sp³-hybridized carbons (Fsp3) is 0.923. The predicted octanol–water partition coefficient (Wildman–Crippen LogP) is 4.03. The van der Waals surface area contributed by atoms with Crippen LogP contribution in [0.15, 0.2) is 0 Å². The SMILES string of the molecule is CC(C)(C)OC(=O)N1C[C@H]2CC[C@H](O)C[C@H]2C1.CC(C)(C)OC(=O)N1C[C@H]2C[C@H](O)CC[C@H]2C1. The largest absolute Gasteiger partial charge is 0.444 e. The van der Waals surface area contributed by atoms with Crippen LogP contribution in [0.25, 0.3) is 0 Å². The normalized spacial score (nSPS) is 33.4. The van der Waals surface area contributed by atoms with Crippen molar-refractivity contribution in [3.63, 3.8) is 0 Å². The molecule has 8 heteroatoms. The van der Waals surface area contributed by atoms with E-state index in [-0.39, 0.29) is 24.4 Å². The van der Waals surface area contributed by atoms with Crippen molar-refractivity contribution >= 4 is 12.2 Å². The third-order valence-corrected chi connectivity index (χ3v) is 7.35. The number of aliphatic hydroxyl groups excluding tert-OH is 2. The van der Waals surface area contributed by atoms with Gasteiger partial charge in [0.25, 0.3) is 0 Å². The summed E-state index contributed by atoms with van der Waals surface area (Å²) in [5, 5.41) is 19.3. The van der Waals surface area contributed by atoms with Crippen LogP contribution in [0.5, 0.6) is 0 Å². The first-order valence-corrected chi connectivity index (χ1v) is 13.0. The molecule has 2 amide bonds. The van der Waals surface area contributed by atoms with Crippen LogP contribution in [0.1, 0.15) is 80.1 Å². The average molecular weight is 483 g/mol. The van der Waals surface area contributed by atoms with Gasteiger partial charge in [-0.1, -0.05) is 0 Å². The molecule has 2 aliphatic heterocycles. The third-order valence-electron chi connectivity index (χ3n) is 7.35. The molecule has 0 aromatic rings. The molecule has 0 radical (unpaired) electrons. The monoisotopic (exact) mass is 482 g/mol. The van der Waals surface area contributed by atoms with Crippen LogP contribution in [0, 0.1) is 23.7 Å². The lowest BCUT2D eigenvalue weighted by Crippen LogP contribution is -2.35. The molecule has 2 N–H and O–H groups in total. The molecule has 8 nitrogen and oxygen atoms in total. The van der Waals surface area contributed by atoms with Crippen molar-refractivity contribution in [2.24, 2.45) is 23.7 Å². The van der Waals surface area contributed by atoms with Gasteiger partial charge in [0.2, 0.25) is 0 Å². The van der Waals surface area contributed by atoms with Gasteiger partial charge in [-0.25, -0.2) is 9.59 Å². The molecule has 0 spiro atoms. The minimum absolute atomic E-state index is 0.171. The van der Waals surface area contributed by atoms with E-state index in [4.69, 9.17) is 9.47 Å². The van der Waals surface area contributed by atoms with E-state index in [1.54, 1.807) is 9.80 Å². The van der Waals surface area contributed by atoms with E-state index in [1.165, 1.54) is 0 Å². The first-order chi connectivity index (χ1) is 15.7. The molecule has 0 unspecified atom stereocenters. The van der Waals surface area contributed by atoms with Crippen LogP contribution in [0.4, 0.5) is 9.59 Å². The Hall–Kier alpha value is -1.54. The summed E-state index contributed by atoms with van der Waals surface area (Å²) >= 11 is 0. The number of nitrogens with zero attached hydrogens (tertiary/aromatic N) is 2. The predicted molar refractivity (Wildman–Crippen MR) is 129 cm³/mol. The molecule has 2 aliphatic carbocycles. The Morgan fingerprint density at radius 2 is 0.941 bits per heavy atom. The van der Waals surface area contributed by atoms with Gasteiger partial charge in [-0.2, -0.15) is 0 Å². The second kappa shape index (κ2) is 10.6. The van der Waals surface area contributed by atoms with Crippen LogP contribution >= 0.6 is 0 Å². The van der Waals surface area contributed by atoms with Crippen LogP contribution in [-0.2, 0) is 9.47 Å².